The van der Waals surface area contributed by atoms with E-state index >= 15 is 0 Å². The zero-order chi connectivity index (χ0) is 12.2. The van der Waals surface area contributed by atoms with Crippen LogP contribution in [0.3, 0.4) is 0 Å². The summed E-state index contributed by atoms with van der Waals surface area (Å²) in [4.78, 5) is 10.5. The van der Waals surface area contributed by atoms with Gasteiger partial charge in [-0.05, 0) is 20.1 Å². The highest BCUT2D eigenvalue weighted by Gasteiger charge is 2.19. The molecule has 1 N–H and O–H groups in total. The van der Waals surface area contributed by atoms with Crippen molar-refractivity contribution in [2.45, 2.75) is 30.3 Å². The molecule has 0 aromatic carbocycles. The van der Waals surface area contributed by atoms with E-state index in [1.807, 2.05) is 4.57 Å². The Morgan fingerprint density at radius 1 is 1.62 bits per heavy atom. The van der Waals surface area contributed by atoms with Crippen molar-refractivity contribution < 1.29 is 9.90 Å². The van der Waals surface area contributed by atoms with Gasteiger partial charge in [-0.1, -0.05) is 11.8 Å². The highest BCUT2D eigenvalue weighted by molar-refractivity contribution is 8.00. The van der Waals surface area contributed by atoms with E-state index in [2.05, 4.69) is 30.3 Å². The molecule has 0 aliphatic heterocycles. The van der Waals surface area contributed by atoms with Gasteiger partial charge in [0.2, 0.25) is 0 Å². The number of carboxylic acids is 1. The van der Waals surface area contributed by atoms with E-state index in [4.69, 9.17) is 5.11 Å². The number of aromatic nitrogens is 3. The molecule has 7 heteroatoms. The van der Waals surface area contributed by atoms with Crippen LogP contribution in [0.25, 0.3) is 0 Å². The summed E-state index contributed by atoms with van der Waals surface area (Å²) in [5, 5.41) is 17.0. The molecular formula is C9H15N3O2S2. The zero-order valence-electron chi connectivity index (χ0n) is 9.51. The van der Waals surface area contributed by atoms with Crippen molar-refractivity contribution in [3.05, 3.63) is 6.33 Å². The molecule has 90 valence electrons. The summed E-state index contributed by atoms with van der Waals surface area (Å²) in [7, 11) is 0. The van der Waals surface area contributed by atoms with Gasteiger partial charge < -0.3 is 9.67 Å². The first kappa shape index (κ1) is 13.4. The first-order chi connectivity index (χ1) is 7.44. The molecule has 0 atom stereocenters. The number of carbonyl (C=O) groups is 1. The minimum Gasteiger partial charge on any atom is -0.481 e. The Hall–Kier alpha value is -0.690. The topological polar surface area (TPSA) is 68.0 Å². The molecule has 0 fully saturated rings. The minimum atomic E-state index is -0.844. The van der Waals surface area contributed by atoms with Crippen LogP contribution in [0.1, 0.15) is 13.8 Å². The van der Waals surface area contributed by atoms with E-state index < -0.39 is 5.97 Å². The molecule has 0 spiro atoms. The second-order valence-electron chi connectivity index (χ2n) is 3.89. The Morgan fingerprint density at radius 3 is 2.88 bits per heavy atom. The molecule has 0 saturated carbocycles. The van der Waals surface area contributed by atoms with Crippen LogP contribution in [0.15, 0.2) is 11.5 Å². The summed E-state index contributed by atoms with van der Waals surface area (Å²) >= 11 is 2.95. The normalized spacial score (nSPS) is 11.7. The molecule has 0 saturated heterocycles. The fraction of sp³-hybridized carbons (Fsp3) is 0.667. The molecule has 1 heterocycles. The quantitative estimate of drug-likeness (QED) is 0.784. The van der Waals surface area contributed by atoms with Crippen LogP contribution >= 0.6 is 23.5 Å². The minimum absolute atomic E-state index is 0.0123. The van der Waals surface area contributed by atoms with Crippen molar-refractivity contribution >= 4 is 29.5 Å². The fourth-order valence-electron chi connectivity index (χ4n) is 1.07. The molecule has 16 heavy (non-hydrogen) atoms. The smallest absolute Gasteiger partial charge is 0.313 e. The summed E-state index contributed by atoms with van der Waals surface area (Å²) < 4.78 is 1.98. The van der Waals surface area contributed by atoms with Crippen molar-refractivity contribution in [3.8, 4) is 0 Å². The second kappa shape index (κ2) is 5.58. The largest absolute Gasteiger partial charge is 0.481 e. The number of nitrogens with zero attached hydrogens (tertiary/aromatic N) is 3. The van der Waals surface area contributed by atoms with Crippen molar-refractivity contribution in [3.63, 3.8) is 0 Å². The standard InChI is InChI=1S/C9H15N3O2S2/c1-9(2,15-3)5-12-6-10-11-8(12)16-4-7(13)14/h6H,4-5H2,1-3H3,(H,13,14). The van der Waals surface area contributed by atoms with Gasteiger partial charge in [0.05, 0.1) is 5.75 Å². The van der Waals surface area contributed by atoms with Gasteiger partial charge in [0.1, 0.15) is 6.33 Å². The van der Waals surface area contributed by atoms with Crippen molar-refractivity contribution in [1.82, 2.24) is 14.8 Å². The van der Waals surface area contributed by atoms with Gasteiger partial charge in [0.25, 0.3) is 0 Å². The molecular weight excluding hydrogens is 246 g/mol. The molecule has 0 bridgehead atoms. The van der Waals surface area contributed by atoms with E-state index in [0.717, 1.165) is 6.54 Å². The summed E-state index contributed by atoms with van der Waals surface area (Å²) in [6.45, 7) is 5.02. The summed E-state index contributed by atoms with van der Waals surface area (Å²) in [6.07, 6.45) is 3.69. The van der Waals surface area contributed by atoms with E-state index in [9.17, 15) is 4.79 Å². The lowest BCUT2D eigenvalue weighted by Crippen LogP contribution is -2.22. The molecule has 1 aromatic heterocycles. The summed E-state index contributed by atoms with van der Waals surface area (Å²) in [6, 6.07) is 0. The van der Waals surface area contributed by atoms with Crippen LogP contribution in [0.5, 0.6) is 0 Å². The maximum absolute atomic E-state index is 10.5. The fourth-order valence-corrected chi connectivity index (χ4v) is 1.97. The molecule has 0 amide bonds. The van der Waals surface area contributed by atoms with Gasteiger partial charge in [0, 0.05) is 11.3 Å². The molecule has 0 aliphatic carbocycles. The van der Waals surface area contributed by atoms with Crippen molar-refractivity contribution in [1.29, 1.82) is 0 Å². The average molecular weight is 261 g/mol. The first-order valence-electron chi connectivity index (χ1n) is 4.72. The third-order valence-electron chi connectivity index (χ3n) is 2.01. The third-order valence-corrected chi connectivity index (χ3v) is 4.21. The molecule has 0 unspecified atom stereocenters. The number of hydrogen-bond acceptors (Lipinski definition) is 5. The SMILES string of the molecule is CSC(C)(C)Cn1cnnc1SCC(=O)O. The maximum Gasteiger partial charge on any atom is 0.313 e. The zero-order valence-corrected chi connectivity index (χ0v) is 11.1. The molecule has 0 aliphatic rings. The second-order valence-corrected chi connectivity index (χ2v) is 6.34. The lowest BCUT2D eigenvalue weighted by atomic mass is 10.2. The molecule has 0 radical (unpaired) electrons. The summed E-state index contributed by atoms with van der Waals surface area (Å²) in [5.74, 6) is -0.832. The number of hydrogen-bond donors (Lipinski definition) is 1. The van der Waals surface area contributed by atoms with Crippen molar-refractivity contribution in [2.75, 3.05) is 12.0 Å². The van der Waals surface area contributed by atoms with Gasteiger partial charge in [-0.15, -0.1) is 10.2 Å². The Kier molecular flexibility index (Phi) is 4.67. The van der Waals surface area contributed by atoms with E-state index in [1.54, 1.807) is 18.1 Å². The van der Waals surface area contributed by atoms with E-state index in [0.29, 0.717) is 5.16 Å². The molecule has 1 rings (SSSR count). The van der Waals surface area contributed by atoms with Gasteiger partial charge >= 0.3 is 5.97 Å². The lowest BCUT2D eigenvalue weighted by Gasteiger charge is -2.22. The first-order valence-corrected chi connectivity index (χ1v) is 6.93. The predicted molar refractivity (Wildman–Crippen MR) is 66.0 cm³/mol. The van der Waals surface area contributed by atoms with Crippen LogP contribution in [0, 0.1) is 0 Å². The van der Waals surface area contributed by atoms with Crippen LogP contribution in [-0.2, 0) is 11.3 Å². The van der Waals surface area contributed by atoms with Crippen LogP contribution in [0.2, 0.25) is 0 Å². The van der Waals surface area contributed by atoms with Crippen molar-refractivity contribution in [2.24, 2.45) is 0 Å². The Balaban J connectivity index is 2.67. The van der Waals surface area contributed by atoms with E-state index in [-0.39, 0.29) is 10.5 Å². The van der Waals surface area contributed by atoms with Crippen LogP contribution < -0.4 is 0 Å². The molecule has 5 nitrogen and oxygen atoms in total. The average Bonchev–Trinajstić information content (AvgIpc) is 2.61. The van der Waals surface area contributed by atoms with Gasteiger partial charge in [0.15, 0.2) is 5.16 Å². The number of aliphatic carboxylic acids is 1. The van der Waals surface area contributed by atoms with Gasteiger partial charge in [-0.3, -0.25) is 4.79 Å². The van der Waals surface area contributed by atoms with Crippen LogP contribution in [0.4, 0.5) is 0 Å². The third kappa shape index (κ3) is 4.05. The number of carboxylic acid groups (broad SMARTS) is 1. The lowest BCUT2D eigenvalue weighted by molar-refractivity contribution is -0.133. The highest BCUT2D eigenvalue weighted by atomic mass is 32.2. The van der Waals surface area contributed by atoms with Gasteiger partial charge in [-0.25, -0.2) is 0 Å². The number of rotatable bonds is 6. The molecule has 1 aromatic rings. The Bertz CT molecular complexity index is 365. The number of thioether (sulfide) groups is 2. The maximum atomic E-state index is 10.5. The predicted octanol–water partition coefficient (Wildman–Crippen LogP) is 1.60. The van der Waals surface area contributed by atoms with E-state index in [1.165, 1.54) is 11.8 Å². The summed E-state index contributed by atoms with van der Waals surface area (Å²) in [5.41, 5.74) is 0. The van der Waals surface area contributed by atoms with Gasteiger partial charge in [-0.2, -0.15) is 11.8 Å². The van der Waals surface area contributed by atoms with Crippen LogP contribution in [-0.4, -0.2) is 42.6 Å². The Morgan fingerprint density at radius 2 is 2.31 bits per heavy atom. The Labute approximate surface area is 103 Å². The monoisotopic (exact) mass is 261 g/mol. The highest BCUT2D eigenvalue weighted by Crippen LogP contribution is 2.25.